The van der Waals surface area contributed by atoms with Crippen LogP contribution in [0.1, 0.15) is 12.5 Å². The second kappa shape index (κ2) is 5.77. The molecule has 2 aromatic rings. The van der Waals surface area contributed by atoms with Gasteiger partial charge < -0.3 is 10.6 Å². The van der Waals surface area contributed by atoms with Crippen LogP contribution in [-0.4, -0.2) is 16.5 Å². The summed E-state index contributed by atoms with van der Waals surface area (Å²) in [5, 5.41) is 5.82. The molecule has 20 heavy (non-hydrogen) atoms. The van der Waals surface area contributed by atoms with E-state index in [2.05, 4.69) is 20.6 Å². The van der Waals surface area contributed by atoms with Gasteiger partial charge in [0.2, 0.25) is 0 Å². The Hall–Kier alpha value is -2.31. The maximum Gasteiger partial charge on any atom is 0.416 e. The third-order valence-corrected chi connectivity index (χ3v) is 2.49. The van der Waals surface area contributed by atoms with Crippen molar-refractivity contribution >= 4 is 17.3 Å². The molecule has 0 radical (unpaired) electrons. The first kappa shape index (κ1) is 14.1. The molecule has 106 valence electrons. The van der Waals surface area contributed by atoms with Gasteiger partial charge in [0.15, 0.2) is 0 Å². The Morgan fingerprint density at radius 3 is 2.55 bits per heavy atom. The Labute approximate surface area is 114 Å². The van der Waals surface area contributed by atoms with Crippen molar-refractivity contribution < 1.29 is 13.2 Å². The lowest BCUT2D eigenvalue weighted by Gasteiger charge is -2.10. The van der Waals surface area contributed by atoms with E-state index >= 15 is 0 Å². The Balaban J connectivity index is 2.19. The standard InChI is InChI=1S/C13H13F3N4/c1-2-17-11-7-12(19-8-18-11)20-10-5-3-4-9(6-10)13(14,15)16/h3-8H,2H2,1H3,(H2,17,18,19,20). The fourth-order valence-corrected chi connectivity index (χ4v) is 1.62. The highest BCUT2D eigenvalue weighted by molar-refractivity contribution is 5.59. The molecule has 0 atom stereocenters. The average molecular weight is 282 g/mol. The molecule has 0 aliphatic heterocycles. The number of halogens is 3. The van der Waals surface area contributed by atoms with E-state index in [1.54, 1.807) is 12.1 Å². The molecule has 0 spiro atoms. The molecule has 2 rings (SSSR count). The number of hydrogen-bond acceptors (Lipinski definition) is 4. The first-order chi connectivity index (χ1) is 9.49. The monoisotopic (exact) mass is 282 g/mol. The second-order valence-electron chi connectivity index (χ2n) is 4.02. The average Bonchev–Trinajstić information content (AvgIpc) is 2.39. The van der Waals surface area contributed by atoms with Gasteiger partial charge in [-0.25, -0.2) is 9.97 Å². The van der Waals surface area contributed by atoms with Crippen LogP contribution in [-0.2, 0) is 6.18 Å². The van der Waals surface area contributed by atoms with Crippen LogP contribution in [0.5, 0.6) is 0 Å². The smallest absolute Gasteiger partial charge is 0.370 e. The van der Waals surface area contributed by atoms with Gasteiger partial charge in [0.25, 0.3) is 0 Å². The van der Waals surface area contributed by atoms with Crippen LogP contribution in [0.3, 0.4) is 0 Å². The van der Waals surface area contributed by atoms with E-state index < -0.39 is 11.7 Å². The van der Waals surface area contributed by atoms with Crippen molar-refractivity contribution in [1.29, 1.82) is 0 Å². The molecule has 7 heteroatoms. The summed E-state index contributed by atoms with van der Waals surface area (Å²) in [6.07, 6.45) is -3.02. The summed E-state index contributed by atoms with van der Waals surface area (Å²) in [7, 11) is 0. The highest BCUT2D eigenvalue weighted by Crippen LogP contribution is 2.31. The lowest BCUT2D eigenvalue weighted by atomic mass is 10.2. The fourth-order valence-electron chi connectivity index (χ4n) is 1.62. The molecular weight excluding hydrogens is 269 g/mol. The number of aromatic nitrogens is 2. The molecule has 0 unspecified atom stereocenters. The highest BCUT2D eigenvalue weighted by atomic mass is 19.4. The van der Waals surface area contributed by atoms with E-state index in [1.807, 2.05) is 6.92 Å². The van der Waals surface area contributed by atoms with E-state index in [9.17, 15) is 13.2 Å². The summed E-state index contributed by atoms with van der Waals surface area (Å²) in [6, 6.07) is 6.58. The van der Waals surface area contributed by atoms with E-state index in [0.29, 0.717) is 23.9 Å². The van der Waals surface area contributed by atoms with Crippen molar-refractivity contribution in [2.75, 3.05) is 17.2 Å². The van der Waals surface area contributed by atoms with Crippen LogP contribution < -0.4 is 10.6 Å². The Kier molecular flexibility index (Phi) is 4.07. The molecule has 0 amide bonds. The first-order valence-electron chi connectivity index (χ1n) is 5.99. The minimum absolute atomic E-state index is 0.320. The van der Waals surface area contributed by atoms with E-state index in [4.69, 9.17) is 0 Å². The summed E-state index contributed by atoms with van der Waals surface area (Å²) in [5.74, 6) is 1.03. The van der Waals surface area contributed by atoms with Crippen molar-refractivity contribution in [3.8, 4) is 0 Å². The molecule has 1 aromatic carbocycles. The summed E-state index contributed by atoms with van der Waals surface area (Å²) >= 11 is 0. The van der Waals surface area contributed by atoms with Crippen molar-refractivity contribution in [3.05, 3.63) is 42.2 Å². The van der Waals surface area contributed by atoms with Gasteiger partial charge in [-0.3, -0.25) is 0 Å². The molecule has 0 bridgehead atoms. The van der Waals surface area contributed by atoms with Crippen molar-refractivity contribution in [2.24, 2.45) is 0 Å². The number of hydrogen-bond donors (Lipinski definition) is 2. The van der Waals surface area contributed by atoms with Gasteiger partial charge in [-0.05, 0) is 25.1 Å². The first-order valence-corrected chi connectivity index (χ1v) is 5.99. The third kappa shape index (κ3) is 3.59. The van der Waals surface area contributed by atoms with Gasteiger partial charge in [0, 0.05) is 18.3 Å². The quantitative estimate of drug-likeness (QED) is 0.898. The van der Waals surface area contributed by atoms with Gasteiger partial charge >= 0.3 is 6.18 Å². The van der Waals surface area contributed by atoms with Crippen LogP contribution >= 0.6 is 0 Å². The molecule has 4 nitrogen and oxygen atoms in total. The van der Waals surface area contributed by atoms with Crippen LogP contribution in [0.4, 0.5) is 30.5 Å². The SMILES string of the molecule is CCNc1cc(Nc2cccc(C(F)(F)F)c2)ncn1. The highest BCUT2D eigenvalue weighted by Gasteiger charge is 2.30. The molecule has 1 aromatic heterocycles. The summed E-state index contributed by atoms with van der Waals surface area (Å²) in [5.41, 5.74) is -0.385. The van der Waals surface area contributed by atoms with Gasteiger partial charge in [-0.2, -0.15) is 13.2 Å². The zero-order valence-corrected chi connectivity index (χ0v) is 10.7. The molecule has 0 saturated heterocycles. The van der Waals surface area contributed by atoms with Gasteiger partial charge in [-0.1, -0.05) is 6.07 Å². The molecule has 0 saturated carbocycles. The zero-order valence-electron chi connectivity index (χ0n) is 10.7. The number of nitrogens with zero attached hydrogens (tertiary/aromatic N) is 2. The van der Waals surface area contributed by atoms with Crippen molar-refractivity contribution in [1.82, 2.24) is 9.97 Å². The predicted octanol–water partition coefficient (Wildman–Crippen LogP) is 3.67. The van der Waals surface area contributed by atoms with Crippen LogP contribution in [0.25, 0.3) is 0 Å². The van der Waals surface area contributed by atoms with Crippen LogP contribution in [0, 0.1) is 0 Å². The van der Waals surface area contributed by atoms with Crippen molar-refractivity contribution in [3.63, 3.8) is 0 Å². The Morgan fingerprint density at radius 1 is 1.10 bits per heavy atom. The summed E-state index contributed by atoms with van der Waals surface area (Å²) < 4.78 is 37.8. The zero-order chi connectivity index (χ0) is 14.6. The number of benzene rings is 1. The van der Waals surface area contributed by atoms with E-state index in [-0.39, 0.29) is 0 Å². The number of nitrogens with one attached hydrogen (secondary N) is 2. The number of rotatable bonds is 4. The Morgan fingerprint density at radius 2 is 1.85 bits per heavy atom. The lowest BCUT2D eigenvalue weighted by molar-refractivity contribution is -0.137. The predicted molar refractivity (Wildman–Crippen MR) is 70.9 cm³/mol. The molecule has 0 aliphatic carbocycles. The van der Waals surface area contributed by atoms with Crippen molar-refractivity contribution in [2.45, 2.75) is 13.1 Å². The van der Waals surface area contributed by atoms with Crippen LogP contribution in [0.2, 0.25) is 0 Å². The minimum Gasteiger partial charge on any atom is -0.370 e. The van der Waals surface area contributed by atoms with E-state index in [0.717, 1.165) is 12.1 Å². The molecule has 0 fully saturated rings. The largest absolute Gasteiger partial charge is 0.416 e. The maximum atomic E-state index is 12.6. The minimum atomic E-state index is -4.36. The van der Waals surface area contributed by atoms with Gasteiger partial charge in [-0.15, -0.1) is 0 Å². The lowest BCUT2D eigenvalue weighted by Crippen LogP contribution is -2.05. The third-order valence-electron chi connectivity index (χ3n) is 2.49. The van der Waals surface area contributed by atoms with E-state index in [1.165, 1.54) is 12.4 Å². The molecule has 2 N–H and O–H groups in total. The molecular formula is C13H13F3N4. The maximum absolute atomic E-state index is 12.6. The number of alkyl halides is 3. The second-order valence-corrected chi connectivity index (χ2v) is 4.02. The normalized spacial score (nSPS) is 11.2. The summed E-state index contributed by atoms with van der Waals surface area (Å²) in [4.78, 5) is 7.95. The van der Waals surface area contributed by atoms with Gasteiger partial charge in [0.05, 0.1) is 5.56 Å². The van der Waals surface area contributed by atoms with Crippen LogP contribution in [0.15, 0.2) is 36.7 Å². The fraction of sp³-hybridized carbons (Fsp3) is 0.231. The molecule has 0 aliphatic rings. The van der Waals surface area contributed by atoms with Gasteiger partial charge in [0.1, 0.15) is 18.0 Å². The molecule has 1 heterocycles. The topological polar surface area (TPSA) is 49.8 Å². The Bertz CT molecular complexity index is 584. The summed E-state index contributed by atoms with van der Waals surface area (Å²) in [6.45, 7) is 2.61. The number of anilines is 3.